The molecule has 0 fully saturated rings. The van der Waals surface area contributed by atoms with Crippen molar-refractivity contribution in [3.63, 3.8) is 0 Å². The second-order valence-electron chi connectivity index (χ2n) is 3.72. The molecule has 0 saturated carbocycles. The zero-order valence-electron chi connectivity index (χ0n) is 11.7. The molecule has 0 bridgehead atoms. The molecule has 0 aromatic rings. The molecule has 1 rings (SSSR count). The van der Waals surface area contributed by atoms with E-state index in [1.165, 1.54) is 12.0 Å². The van der Waals surface area contributed by atoms with Crippen molar-refractivity contribution in [1.82, 2.24) is 0 Å². The quantitative estimate of drug-likeness (QED) is 0.582. The minimum atomic E-state index is 0.796. The van der Waals surface area contributed by atoms with Crippen molar-refractivity contribution in [3.05, 3.63) is 30.2 Å². The van der Waals surface area contributed by atoms with Crippen LogP contribution >= 0.6 is 0 Å². The van der Waals surface area contributed by atoms with Gasteiger partial charge in [0.05, 0.1) is 0 Å². The van der Waals surface area contributed by atoms with Crippen LogP contribution in [0.15, 0.2) is 23.8 Å². The molecule has 0 nitrogen and oxygen atoms in total. The first-order chi connectivity index (χ1) is 7.20. The van der Waals surface area contributed by atoms with Crippen molar-refractivity contribution < 1.29 is 0 Å². The smallest absolute Gasteiger partial charge is 0.00535 e. The average Bonchev–Trinajstić information content (AvgIpc) is 2.76. The number of hydrogen-bond acceptors (Lipinski definition) is 0. The van der Waals surface area contributed by atoms with Crippen LogP contribution in [-0.2, 0) is 0 Å². The summed E-state index contributed by atoms with van der Waals surface area (Å²) in [5, 5.41) is 0. The molecule has 0 aromatic heterocycles. The molecule has 0 saturated heterocycles. The monoisotopic (exact) mass is 209 g/mol. The Morgan fingerprint density at radius 1 is 1.00 bits per heavy atom. The van der Waals surface area contributed by atoms with Crippen LogP contribution in [0, 0.1) is 18.3 Å². The summed E-state index contributed by atoms with van der Waals surface area (Å²) in [6, 6.07) is 0. The first-order valence-electron chi connectivity index (χ1n) is 6.40. The molecule has 89 valence electrons. The highest BCUT2D eigenvalue weighted by molar-refractivity contribution is 5.33. The lowest BCUT2D eigenvalue weighted by Crippen LogP contribution is -2.03. The highest BCUT2D eigenvalue weighted by Crippen LogP contribution is 2.22. The maximum absolute atomic E-state index is 2.32. The van der Waals surface area contributed by atoms with E-state index in [4.69, 9.17) is 0 Å². The topological polar surface area (TPSA) is 0 Å². The van der Waals surface area contributed by atoms with Gasteiger partial charge in [-0.2, -0.15) is 0 Å². The molecular weight excluding hydrogens is 180 g/mol. The second-order valence-corrected chi connectivity index (χ2v) is 3.72. The van der Waals surface area contributed by atoms with Crippen molar-refractivity contribution in [2.24, 2.45) is 11.8 Å². The third-order valence-corrected chi connectivity index (χ3v) is 2.43. The number of rotatable bonds is 3. The fourth-order valence-electron chi connectivity index (χ4n) is 1.16. The number of allylic oxidation sites excluding steroid dienone is 4. The fourth-order valence-corrected chi connectivity index (χ4v) is 1.16. The van der Waals surface area contributed by atoms with E-state index >= 15 is 0 Å². The summed E-state index contributed by atoms with van der Waals surface area (Å²) in [4.78, 5) is 0. The lowest BCUT2D eigenvalue weighted by atomic mass is 9.91. The maximum Gasteiger partial charge on any atom is 0.00535 e. The third kappa shape index (κ3) is 8.47. The molecular formula is C15H29. The van der Waals surface area contributed by atoms with Gasteiger partial charge in [-0.1, -0.05) is 72.3 Å². The highest BCUT2D eigenvalue weighted by Gasteiger charge is 2.09. The Morgan fingerprint density at radius 2 is 1.53 bits per heavy atom. The van der Waals surface area contributed by atoms with Crippen LogP contribution in [0.4, 0.5) is 0 Å². The van der Waals surface area contributed by atoms with E-state index in [0.717, 1.165) is 11.8 Å². The van der Waals surface area contributed by atoms with Crippen LogP contribution in [0.3, 0.4) is 0 Å². The summed E-state index contributed by atoms with van der Waals surface area (Å²) >= 11 is 0. The molecule has 0 amide bonds. The van der Waals surface area contributed by atoms with E-state index in [1.807, 2.05) is 27.7 Å². The molecule has 1 aliphatic rings. The zero-order chi connectivity index (χ0) is 12.3. The Labute approximate surface area is 97.5 Å². The third-order valence-electron chi connectivity index (χ3n) is 2.43. The lowest BCUT2D eigenvalue weighted by Gasteiger charge is -2.14. The zero-order valence-corrected chi connectivity index (χ0v) is 11.7. The summed E-state index contributed by atoms with van der Waals surface area (Å²) in [6.07, 6.45) is 9.87. The van der Waals surface area contributed by atoms with Gasteiger partial charge in [0.25, 0.3) is 0 Å². The Morgan fingerprint density at radius 3 is 1.87 bits per heavy atom. The molecule has 15 heavy (non-hydrogen) atoms. The van der Waals surface area contributed by atoms with Gasteiger partial charge in [0.2, 0.25) is 0 Å². The summed E-state index contributed by atoms with van der Waals surface area (Å²) in [5.41, 5.74) is 1.48. The minimum absolute atomic E-state index is 0.796. The van der Waals surface area contributed by atoms with Gasteiger partial charge in [0.15, 0.2) is 0 Å². The maximum atomic E-state index is 2.32. The Bertz CT molecular complexity index is 172. The van der Waals surface area contributed by atoms with E-state index in [0.29, 0.717) is 0 Å². The first kappa shape index (κ1) is 16.9. The summed E-state index contributed by atoms with van der Waals surface area (Å²) in [7, 11) is 0. The van der Waals surface area contributed by atoms with Gasteiger partial charge in [-0.3, -0.25) is 0 Å². The minimum Gasteiger partial charge on any atom is -0.0764 e. The summed E-state index contributed by atoms with van der Waals surface area (Å²) in [6.45, 7) is 14.9. The van der Waals surface area contributed by atoms with Gasteiger partial charge < -0.3 is 0 Å². The molecule has 1 unspecified atom stereocenters. The molecule has 1 radical (unpaired) electrons. The first-order valence-corrected chi connectivity index (χ1v) is 6.40. The Kier molecular flexibility index (Phi) is 13.0. The van der Waals surface area contributed by atoms with Gasteiger partial charge in [-0.05, 0) is 18.3 Å². The van der Waals surface area contributed by atoms with Crippen LogP contribution in [0.5, 0.6) is 0 Å². The Hall–Kier alpha value is -0.520. The van der Waals surface area contributed by atoms with Gasteiger partial charge >= 0.3 is 0 Å². The molecule has 0 aromatic carbocycles. The van der Waals surface area contributed by atoms with Crippen LogP contribution < -0.4 is 0 Å². The summed E-state index contributed by atoms with van der Waals surface area (Å²) in [5.74, 6) is 1.60. The highest BCUT2D eigenvalue weighted by atomic mass is 14.1. The van der Waals surface area contributed by atoms with Crippen LogP contribution in [0.2, 0.25) is 0 Å². The lowest BCUT2D eigenvalue weighted by molar-refractivity contribution is 0.419. The standard InChI is InChI=1S/C11H17.2C2H6/c1-9(2)10(3)8-11-6-4-5-7-11;2*1-2/h4-7,9-10H,8H2,1-3H3;2*1-2H3. The largest absolute Gasteiger partial charge is 0.0764 e. The van der Waals surface area contributed by atoms with Gasteiger partial charge in [0, 0.05) is 6.42 Å². The summed E-state index contributed by atoms with van der Waals surface area (Å²) < 4.78 is 0. The normalized spacial score (nSPS) is 14.8. The predicted octanol–water partition coefficient (Wildman–Crippen LogP) is 5.42. The Balaban J connectivity index is 0. The van der Waals surface area contributed by atoms with Crippen molar-refractivity contribution in [2.45, 2.75) is 54.9 Å². The molecule has 0 spiro atoms. The average molecular weight is 209 g/mol. The van der Waals surface area contributed by atoms with Gasteiger partial charge in [-0.15, -0.1) is 0 Å². The van der Waals surface area contributed by atoms with Crippen LogP contribution in [-0.4, -0.2) is 0 Å². The fraction of sp³-hybridized carbons (Fsp3) is 0.667. The SMILES string of the molecule is CC.CC.CC(C)C(C)CC1=C[CH]C=C1. The predicted molar refractivity (Wildman–Crippen MR) is 72.8 cm³/mol. The van der Waals surface area contributed by atoms with E-state index in [2.05, 4.69) is 45.4 Å². The molecule has 0 heteroatoms. The molecule has 0 N–H and O–H groups in total. The van der Waals surface area contributed by atoms with Crippen molar-refractivity contribution in [3.8, 4) is 0 Å². The second kappa shape index (κ2) is 11.6. The van der Waals surface area contributed by atoms with E-state index in [-0.39, 0.29) is 0 Å². The van der Waals surface area contributed by atoms with Crippen molar-refractivity contribution in [2.75, 3.05) is 0 Å². The van der Waals surface area contributed by atoms with Gasteiger partial charge in [-0.25, -0.2) is 0 Å². The van der Waals surface area contributed by atoms with E-state index < -0.39 is 0 Å². The van der Waals surface area contributed by atoms with Crippen LogP contribution in [0.1, 0.15) is 54.9 Å². The van der Waals surface area contributed by atoms with Crippen molar-refractivity contribution in [1.29, 1.82) is 0 Å². The molecule has 1 atom stereocenters. The van der Waals surface area contributed by atoms with Crippen molar-refractivity contribution >= 4 is 0 Å². The van der Waals surface area contributed by atoms with Gasteiger partial charge in [0.1, 0.15) is 0 Å². The molecule has 1 aliphatic carbocycles. The molecule has 0 aliphatic heterocycles. The molecule has 0 heterocycles. The van der Waals surface area contributed by atoms with E-state index in [1.54, 1.807) is 0 Å². The number of hydrogen-bond donors (Lipinski definition) is 0. The van der Waals surface area contributed by atoms with Crippen LogP contribution in [0.25, 0.3) is 0 Å². The van der Waals surface area contributed by atoms with E-state index in [9.17, 15) is 0 Å².